The predicted octanol–water partition coefficient (Wildman–Crippen LogP) is 7.54. The molecule has 1 amide bonds. The summed E-state index contributed by atoms with van der Waals surface area (Å²) in [7, 11) is 0. The summed E-state index contributed by atoms with van der Waals surface area (Å²) in [5, 5.41) is 8.57. The summed E-state index contributed by atoms with van der Waals surface area (Å²) in [6, 6.07) is 17.6. The fourth-order valence-corrected chi connectivity index (χ4v) is 4.96. The summed E-state index contributed by atoms with van der Waals surface area (Å²) in [4.78, 5) is 15.8. The zero-order valence-electron chi connectivity index (χ0n) is 22.3. The molecule has 0 atom stereocenters. The van der Waals surface area contributed by atoms with Crippen LogP contribution in [0.2, 0.25) is 0 Å². The van der Waals surface area contributed by atoms with Crippen LogP contribution in [0, 0.1) is 25.2 Å². The molecule has 0 aromatic heterocycles. The van der Waals surface area contributed by atoms with Crippen LogP contribution in [0.1, 0.15) is 52.0 Å². The normalized spacial score (nSPS) is 14.4. The van der Waals surface area contributed by atoms with Gasteiger partial charge in [-0.25, -0.2) is 8.78 Å². The number of nitrogens with zero attached hydrogens (tertiary/aromatic N) is 2. The first-order chi connectivity index (χ1) is 18.4. The van der Waals surface area contributed by atoms with Crippen molar-refractivity contribution in [2.45, 2.75) is 40.2 Å². The molecule has 3 aromatic rings. The van der Waals surface area contributed by atoms with E-state index in [1.807, 2.05) is 0 Å². The van der Waals surface area contributed by atoms with Gasteiger partial charge in [-0.05, 0) is 56.2 Å². The molecule has 1 N–H and O–H groups in total. The Morgan fingerprint density at radius 2 is 1.69 bits per heavy atom. The molecule has 0 bridgehead atoms. The van der Waals surface area contributed by atoms with Crippen LogP contribution in [0.5, 0.6) is 0 Å². The molecule has 1 fully saturated rings. The van der Waals surface area contributed by atoms with Gasteiger partial charge in [0, 0.05) is 59.6 Å². The number of halogens is 4. The van der Waals surface area contributed by atoms with E-state index in [1.165, 1.54) is 18.2 Å². The summed E-state index contributed by atoms with van der Waals surface area (Å²) in [6.45, 7) is 3.98. The van der Waals surface area contributed by atoms with Gasteiger partial charge in [-0.3, -0.25) is 15.1 Å². The third kappa shape index (κ3) is 5.75. The van der Waals surface area contributed by atoms with Crippen molar-refractivity contribution in [1.82, 2.24) is 4.90 Å². The van der Waals surface area contributed by atoms with Crippen LogP contribution >= 0.6 is 0 Å². The quantitative estimate of drug-likeness (QED) is 0.183. The van der Waals surface area contributed by atoms with Crippen LogP contribution in [0.3, 0.4) is 0 Å². The molecule has 1 heterocycles. The van der Waals surface area contributed by atoms with Crippen molar-refractivity contribution in [2.24, 2.45) is 5.92 Å². The monoisotopic (exact) mass is 537 g/mol. The fourth-order valence-electron chi connectivity index (χ4n) is 4.96. The molecule has 0 radical (unpaired) electrons. The van der Waals surface area contributed by atoms with Gasteiger partial charge in [-0.2, -0.15) is 8.78 Å². The van der Waals surface area contributed by atoms with Gasteiger partial charge >= 0.3 is 6.55 Å². The van der Waals surface area contributed by atoms with Crippen molar-refractivity contribution in [3.8, 4) is 0 Å². The topological polar surface area (TPSA) is 47.4 Å². The first-order valence-corrected chi connectivity index (χ1v) is 12.7. The maximum atomic E-state index is 14.1. The lowest BCUT2D eigenvalue weighted by molar-refractivity contribution is 0.0174. The van der Waals surface area contributed by atoms with E-state index in [4.69, 9.17) is 5.41 Å². The molecular weight excluding hydrogens is 506 g/mol. The molecule has 39 heavy (non-hydrogen) atoms. The van der Waals surface area contributed by atoms with Gasteiger partial charge in [-0.1, -0.05) is 48.5 Å². The van der Waals surface area contributed by atoms with E-state index in [1.54, 1.807) is 80.3 Å². The molecule has 0 aliphatic carbocycles. The third-order valence-corrected chi connectivity index (χ3v) is 7.13. The average Bonchev–Trinajstić information content (AvgIpc) is 2.87. The number of carbonyl (C=O) groups excluding carboxylic acids is 1. The number of hydrogen-bond acceptors (Lipinski definition) is 3. The summed E-state index contributed by atoms with van der Waals surface area (Å²) in [5.74, 6) is -3.48. The summed E-state index contributed by atoms with van der Waals surface area (Å²) in [6.07, 6.45) is 1.68. The molecule has 0 saturated carbocycles. The molecule has 4 rings (SSSR count). The number of rotatable bonds is 8. The Morgan fingerprint density at radius 3 is 2.28 bits per heavy atom. The molecule has 8 heteroatoms. The highest BCUT2D eigenvalue weighted by atomic mass is 19.3. The van der Waals surface area contributed by atoms with Crippen LogP contribution in [0.4, 0.5) is 23.2 Å². The van der Waals surface area contributed by atoms with E-state index in [9.17, 15) is 22.4 Å². The first kappa shape index (κ1) is 28.1. The highest BCUT2D eigenvalue weighted by Gasteiger charge is 2.38. The average molecular weight is 538 g/mol. The smallest absolute Gasteiger partial charge is 0.319 e. The van der Waals surface area contributed by atoms with E-state index in [0.29, 0.717) is 46.7 Å². The van der Waals surface area contributed by atoms with Crippen LogP contribution in [-0.4, -0.2) is 36.2 Å². The minimum Gasteiger partial charge on any atom is -0.337 e. The van der Waals surface area contributed by atoms with Gasteiger partial charge in [0.25, 0.3) is 11.8 Å². The van der Waals surface area contributed by atoms with Crippen LogP contribution in [-0.2, 0) is 5.92 Å². The second-order valence-electron chi connectivity index (χ2n) is 9.93. The summed E-state index contributed by atoms with van der Waals surface area (Å²) >= 11 is 0. The Balaban J connectivity index is 1.48. The number of amides is 1. The molecular formula is C31H31F4N3O. The van der Waals surface area contributed by atoms with E-state index in [2.05, 4.69) is 0 Å². The number of nitrogens with one attached hydrogen (secondary N) is 1. The van der Waals surface area contributed by atoms with Crippen molar-refractivity contribution in [3.63, 3.8) is 0 Å². The minimum atomic E-state index is -3.02. The Labute approximate surface area is 226 Å². The number of benzene rings is 3. The molecule has 204 valence electrons. The number of hydrogen-bond donors (Lipinski definition) is 1. The Morgan fingerprint density at radius 1 is 1.00 bits per heavy atom. The minimum absolute atomic E-state index is 0.0858. The lowest BCUT2D eigenvalue weighted by atomic mass is 9.92. The maximum absolute atomic E-state index is 14.1. The number of alkyl halides is 4. The van der Waals surface area contributed by atoms with Gasteiger partial charge in [0.05, 0.1) is 5.71 Å². The van der Waals surface area contributed by atoms with Gasteiger partial charge in [0.1, 0.15) is 0 Å². The highest BCUT2D eigenvalue weighted by Crippen LogP contribution is 2.35. The first-order valence-electron chi connectivity index (χ1n) is 12.7. The second-order valence-corrected chi connectivity index (χ2v) is 9.93. The number of aryl methyl sites for hydroxylation is 2. The number of para-hydroxylation sites is 1. The molecule has 3 aromatic carbocycles. The van der Waals surface area contributed by atoms with Crippen molar-refractivity contribution >= 4 is 17.3 Å². The molecule has 0 spiro atoms. The molecule has 4 nitrogen and oxygen atoms in total. The molecule has 1 aliphatic rings. The van der Waals surface area contributed by atoms with Crippen molar-refractivity contribution in [2.75, 3.05) is 18.0 Å². The summed E-state index contributed by atoms with van der Waals surface area (Å²) < 4.78 is 55.8. The van der Waals surface area contributed by atoms with Gasteiger partial charge in [0.15, 0.2) is 0 Å². The van der Waals surface area contributed by atoms with Crippen molar-refractivity contribution in [3.05, 3.63) is 112 Å². The molecule has 1 saturated heterocycles. The number of anilines is 1. The Bertz CT molecular complexity index is 1420. The van der Waals surface area contributed by atoms with Crippen LogP contribution in [0.15, 0.2) is 78.5 Å². The van der Waals surface area contributed by atoms with Crippen molar-refractivity contribution < 1.29 is 22.4 Å². The molecule has 1 aliphatic heterocycles. The number of likely N-dealkylation sites (tertiary alicyclic amines) is 1. The van der Waals surface area contributed by atoms with Crippen LogP contribution < -0.4 is 4.90 Å². The number of carbonyl (C=O) groups is 1. The lowest BCUT2D eigenvalue weighted by Gasteiger charge is -2.44. The fraction of sp³-hybridized carbons (Fsp3) is 0.290. The molecule has 0 unspecified atom stereocenters. The predicted molar refractivity (Wildman–Crippen MR) is 146 cm³/mol. The van der Waals surface area contributed by atoms with E-state index < -0.39 is 12.5 Å². The highest BCUT2D eigenvalue weighted by molar-refractivity contribution is 6.12. The van der Waals surface area contributed by atoms with Gasteiger partial charge < -0.3 is 4.90 Å². The van der Waals surface area contributed by atoms with Crippen LogP contribution in [0.25, 0.3) is 0 Å². The zero-order chi connectivity index (χ0) is 28.5. The van der Waals surface area contributed by atoms with E-state index in [-0.39, 0.29) is 23.1 Å². The second kappa shape index (κ2) is 11.0. The lowest BCUT2D eigenvalue weighted by Crippen LogP contribution is -2.53. The van der Waals surface area contributed by atoms with E-state index >= 15 is 0 Å². The standard InChI is InChI=1S/C31H31F4N3O/c1-5-26(38(30(32)33)27-12-7-6-9-19(27)2)23-17-37(18-23)29(39)22-13-14-25(20(3)15-22)28(36)21-10-8-11-24(16-21)31(4,34)35/h5-16,23,30,36H,17-18H2,1-4H3. The Hall–Kier alpha value is -3.94. The van der Waals surface area contributed by atoms with Gasteiger partial charge in [-0.15, -0.1) is 0 Å². The maximum Gasteiger partial charge on any atom is 0.319 e. The number of allylic oxidation sites excluding steroid dienone is 1. The largest absolute Gasteiger partial charge is 0.337 e. The van der Waals surface area contributed by atoms with E-state index in [0.717, 1.165) is 17.4 Å². The zero-order valence-corrected chi connectivity index (χ0v) is 22.3. The van der Waals surface area contributed by atoms with Crippen molar-refractivity contribution in [1.29, 1.82) is 5.41 Å². The SMILES string of the molecule is CC=C(C1CN(C(=O)c2ccc(C(=N)c3cccc(C(C)(F)F)c3)c(C)c2)C1)N(c1ccccc1C)C(F)F. The Kier molecular flexibility index (Phi) is 7.95. The van der Waals surface area contributed by atoms with Gasteiger partial charge in [0.2, 0.25) is 0 Å². The third-order valence-electron chi connectivity index (χ3n) is 7.13. The summed E-state index contributed by atoms with van der Waals surface area (Å²) in [5.41, 5.74) is 3.54.